The number of thiophene rings is 1. The summed E-state index contributed by atoms with van der Waals surface area (Å²) in [7, 11) is 0. The van der Waals surface area contributed by atoms with Crippen molar-refractivity contribution < 1.29 is 4.79 Å². The largest absolute Gasteiger partial charge is 0.369 e. The molecule has 2 aliphatic heterocycles. The van der Waals surface area contributed by atoms with Crippen LogP contribution in [0.25, 0.3) is 10.4 Å². The van der Waals surface area contributed by atoms with Gasteiger partial charge in [-0.3, -0.25) is 4.79 Å². The van der Waals surface area contributed by atoms with E-state index < -0.39 is 17.2 Å². The Morgan fingerprint density at radius 2 is 2.00 bits per heavy atom. The molecule has 32 heavy (non-hydrogen) atoms. The van der Waals surface area contributed by atoms with Gasteiger partial charge in [0.05, 0.1) is 18.3 Å². The zero-order valence-electron chi connectivity index (χ0n) is 16.5. The summed E-state index contributed by atoms with van der Waals surface area (Å²) in [6, 6.07) is 8.76. The van der Waals surface area contributed by atoms with Gasteiger partial charge in [0.2, 0.25) is 5.91 Å². The van der Waals surface area contributed by atoms with Gasteiger partial charge in [-0.15, -0.1) is 11.3 Å². The minimum absolute atomic E-state index is 0.426. The molecule has 4 heterocycles. The van der Waals surface area contributed by atoms with E-state index in [1.165, 1.54) is 11.8 Å². The summed E-state index contributed by atoms with van der Waals surface area (Å²) in [5, 5.41) is 7.09. The van der Waals surface area contributed by atoms with E-state index in [4.69, 9.17) is 51.9 Å². The predicted octanol–water partition coefficient (Wildman–Crippen LogP) is 4.79. The number of nitrogens with two attached hydrogens (primary N) is 2. The number of nitrogens with one attached hydrogen (secondary N) is 1. The number of amides is 1. The normalized spacial score (nSPS) is 19.0. The van der Waals surface area contributed by atoms with Gasteiger partial charge in [-0.1, -0.05) is 41.0 Å². The number of hydrogen-bond donors (Lipinski definition) is 3. The molecule has 1 aromatic carbocycles. The maximum atomic E-state index is 11.9. The third-order valence-corrected chi connectivity index (χ3v) is 8.42. The minimum Gasteiger partial charge on any atom is -0.369 e. The van der Waals surface area contributed by atoms with Gasteiger partial charge >= 0.3 is 0 Å². The van der Waals surface area contributed by atoms with Gasteiger partial charge in [-0.25, -0.2) is 4.98 Å². The van der Waals surface area contributed by atoms with Crippen LogP contribution in [-0.2, 0) is 17.9 Å². The molecule has 0 fully saturated rings. The molecule has 0 radical (unpaired) electrons. The number of carbonyl (C=O) groups excluding carboxylic acids is 1. The number of thioether (sulfide) groups is 1. The van der Waals surface area contributed by atoms with Crippen molar-refractivity contribution in [1.29, 1.82) is 0 Å². The van der Waals surface area contributed by atoms with Gasteiger partial charge < -0.3 is 21.7 Å². The molecule has 0 saturated carbocycles. The van der Waals surface area contributed by atoms with Crippen LogP contribution in [0.3, 0.4) is 0 Å². The Labute approximate surface area is 208 Å². The zero-order chi connectivity index (χ0) is 22.6. The molecule has 6 nitrogen and oxygen atoms in total. The molecule has 0 saturated heterocycles. The molecule has 2 aliphatic rings. The highest BCUT2D eigenvalue weighted by Gasteiger charge is 2.41. The van der Waals surface area contributed by atoms with Crippen LogP contribution in [0.2, 0.25) is 10.0 Å². The van der Waals surface area contributed by atoms with Crippen molar-refractivity contribution in [3.8, 4) is 10.4 Å². The third kappa shape index (κ3) is 3.87. The molecule has 5 rings (SSSR count). The number of primary amides is 1. The van der Waals surface area contributed by atoms with E-state index >= 15 is 0 Å². The van der Waals surface area contributed by atoms with Gasteiger partial charge in [0.25, 0.3) is 0 Å². The molecule has 2 atom stereocenters. The van der Waals surface area contributed by atoms with Crippen molar-refractivity contribution in [2.45, 2.75) is 29.4 Å². The van der Waals surface area contributed by atoms with Crippen LogP contribution >= 0.6 is 58.5 Å². The molecule has 0 aliphatic carbocycles. The van der Waals surface area contributed by atoms with Crippen molar-refractivity contribution in [2.75, 3.05) is 5.32 Å². The fourth-order valence-electron chi connectivity index (χ4n) is 4.05. The number of nitrogens with zero attached hydrogens (tertiary/aromatic N) is 2. The number of thiocarbonyl (C=S) groups is 1. The number of anilines is 1. The van der Waals surface area contributed by atoms with Gasteiger partial charge in [-0.05, 0) is 41.9 Å². The Balaban J connectivity index is 1.50. The average molecular weight is 523 g/mol. The SMILES string of the molecule is NC(=O)C1Sc2nc3c(c(-c4cccs4)c2C1N)CN(C(=S)Nc1cc(Cl)cc(Cl)c1)C3. The third-order valence-electron chi connectivity index (χ3n) is 5.42. The van der Waals surface area contributed by atoms with E-state index in [-0.39, 0.29) is 0 Å². The van der Waals surface area contributed by atoms with Gasteiger partial charge in [0, 0.05) is 43.8 Å². The highest BCUT2D eigenvalue weighted by Crippen LogP contribution is 2.50. The molecular weight excluding hydrogens is 505 g/mol. The molecule has 3 aromatic rings. The van der Waals surface area contributed by atoms with Gasteiger partial charge in [-0.2, -0.15) is 0 Å². The molecule has 0 spiro atoms. The highest BCUT2D eigenvalue weighted by atomic mass is 35.5. The lowest BCUT2D eigenvalue weighted by Gasteiger charge is -2.20. The molecule has 0 bridgehead atoms. The van der Waals surface area contributed by atoms with Gasteiger partial charge in [0.1, 0.15) is 10.3 Å². The van der Waals surface area contributed by atoms with E-state index in [1.54, 1.807) is 29.5 Å². The Morgan fingerprint density at radius 3 is 2.66 bits per heavy atom. The Hall–Kier alpha value is -1.88. The van der Waals surface area contributed by atoms with Crippen LogP contribution in [0.5, 0.6) is 0 Å². The number of fused-ring (bicyclic) bond motifs is 2. The predicted molar refractivity (Wildman–Crippen MR) is 135 cm³/mol. The summed E-state index contributed by atoms with van der Waals surface area (Å²) >= 11 is 20.9. The first-order chi connectivity index (χ1) is 15.3. The number of carbonyl (C=O) groups is 1. The van der Waals surface area contributed by atoms with Crippen molar-refractivity contribution in [3.05, 3.63) is 62.6 Å². The quantitative estimate of drug-likeness (QED) is 0.426. The maximum absolute atomic E-state index is 11.9. The van der Waals surface area contributed by atoms with E-state index in [9.17, 15) is 4.79 Å². The van der Waals surface area contributed by atoms with E-state index in [0.717, 1.165) is 38.0 Å². The molecule has 2 aromatic heterocycles. The number of benzene rings is 1. The first-order valence-corrected chi connectivity index (χ1v) is 12.6. The molecule has 2 unspecified atom stereocenters. The number of pyridine rings is 1. The lowest BCUT2D eigenvalue weighted by Crippen LogP contribution is -2.33. The van der Waals surface area contributed by atoms with Crippen molar-refractivity contribution in [3.63, 3.8) is 0 Å². The van der Waals surface area contributed by atoms with Crippen LogP contribution in [0, 0.1) is 0 Å². The Kier molecular flexibility index (Phi) is 5.81. The smallest absolute Gasteiger partial charge is 0.232 e. The lowest BCUT2D eigenvalue weighted by atomic mass is 9.95. The molecule has 11 heteroatoms. The molecule has 1 amide bonds. The Morgan fingerprint density at radius 1 is 1.25 bits per heavy atom. The first-order valence-electron chi connectivity index (χ1n) is 9.65. The first kappa shape index (κ1) is 21.9. The second-order valence-corrected chi connectivity index (χ2v) is 10.9. The van der Waals surface area contributed by atoms with Crippen molar-refractivity contribution in [1.82, 2.24) is 9.88 Å². The molecular formula is C21H17Cl2N5OS3. The van der Waals surface area contributed by atoms with Crippen molar-refractivity contribution >= 4 is 75.2 Å². The van der Waals surface area contributed by atoms with Crippen LogP contribution < -0.4 is 16.8 Å². The fraction of sp³-hybridized carbons (Fsp3) is 0.190. The number of hydrogen-bond acceptors (Lipinski definition) is 6. The monoisotopic (exact) mass is 521 g/mol. The van der Waals surface area contributed by atoms with E-state index in [1.807, 2.05) is 16.3 Å². The maximum Gasteiger partial charge on any atom is 0.232 e. The second kappa shape index (κ2) is 8.48. The minimum atomic E-state index is -0.523. The van der Waals surface area contributed by atoms with Crippen LogP contribution in [0.4, 0.5) is 5.69 Å². The van der Waals surface area contributed by atoms with Crippen LogP contribution in [0.15, 0.2) is 40.7 Å². The summed E-state index contributed by atoms with van der Waals surface area (Å²) in [5.74, 6) is -0.426. The van der Waals surface area contributed by atoms with E-state index in [2.05, 4.69) is 11.4 Å². The number of rotatable bonds is 3. The van der Waals surface area contributed by atoms with Crippen LogP contribution in [0.1, 0.15) is 22.9 Å². The summed E-state index contributed by atoms with van der Waals surface area (Å²) < 4.78 is 0. The standard InChI is InChI=1S/C21H17Cl2N5OS3/c22-9-4-10(23)6-11(5-9)26-21(30)28-7-12-13(8-28)27-20-16(15(12)14-2-1-3-31-14)17(24)18(32-20)19(25)29/h1-6,17-18H,7-8,24H2,(H2,25,29)(H,26,30). The molecule has 164 valence electrons. The Bertz CT molecular complexity index is 1230. The molecule has 5 N–H and O–H groups in total. The summed E-state index contributed by atoms with van der Waals surface area (Å²) in [6.07, 6.45) is 0. The van der Waals surface area contributed by atoms with E-state index in [0.29, 0.717) is 28.2 Å². The summed E-state index contributed by atoms with van der Waals surface area (Å²) in [6.45, 7) is 1.11. The number of aromatic nitrogens is 1. The van der Waals surface area contributed by atoms with Gasteiger partial charge in [0.15, 0.2) is 5.11 Å². The summed E-state index contributed by atoms with van der Waals surface area (Å²) in [5.41, 5.74) is 16.7. The topological polar surface area (TPSA) is 97.3 Å². The zero-order valence-corrected chi connectivity index (χ0v) is 20.4. The number of halogens is 2. The summed E-state index contributed by atoms with van der Waals surface area (Å²) in [4.78, 5) is 19.9. The fourth-order valence-corrected chi connectivity index (χ4v) is 6.80. The van der Waals surface area contributed by atoms with Crippen molar-refractivity contribution in [2.24, 2.45) is 11.5 Å². The lowest BCUT2D eigenvalue weighted by molar-refractivity contribution is -0.117. The second-order valence-electron chi connectivity index (χ2n) is 7.52. The highest BCUT2D eigenvalue weighted by molar-refractivity contribution is 8.01. The average Bonchev–Trinajstić information content (AvgIpc) is 3.44. The van der Waals surface area contributed by atoms with Crippen LogP contribution in [-0.4, -0.2) is 26.2 Å².